The lowest BCUT2D eigenvalue weighted by Crippen LogP contribution is -2.23. The molecule has 0 aliphatic carbocycles. The van der Waals surface area contributed by atoms with E-state index >= 15 is 0 Å². The van der Waals surface area contributed by atoms with Crippen molar-refractivity contribution in [2.45, 2.75) is 30.2 Å². The number of benzene rings is 1. The van der Waals surface area contributed by atoms with Gasteiger partial charge in [0.1, 0.15) is 11.5 Å². The van der Waals surface area contributed by atoms with E-state index in [-0.39, 0.29) is 0 Å². The Morgan fingerprint density at radius 1 is 1.28 bits per heavy atom. The summed E-state index contributed by atoms with van der Waals surface area (Å²) in [5, 5.41) is 3.52. The van der Waals surface area contributed by atoms with Gasteiger partial charge in [0.25, 0.3) is 0 Å². The molecule has 3 nitrogen and oxygen atoms in total. The van der Waals surface area contributed by atoms with Crippen molar-refractivity contribution in [1.29, 1.82) is 0 Å². The zero-order valence-electron chi connectivity index (χ0n) is 11.3. The normalized spacial score (nSPS) is 18.9. The van der Waals surface area contributed by atoms with E-state index in [2.05, 4.69) is 23.7 Å². The molecule has 0 spiro atoms. The van der Waals surface area contributed by atoms with Crippen LogP contribution in [-0.2, 0) is 6.42 Å². The zero-order chi connectivity index (χ0) is 13.0. The predicted molar refractivity (Wildman–Crippen MR) is 76.1 cm³/mol. The predicted octanol–water partition coefficient (Wildman–Crippen LogP) is 2.72. The first-order chi connectivity index (χ1) is 8.78. The maximum absolute atomic E-state index is 5.50. The SMILES string of the molecule is COc1cc(SC)c(OC)cc1CC1CCCN1. The molecule has 0 bridgehead atoms. The standard InChI is InChI=1S/C14H21NO2S/c1-16-12-9-14(18-3)13(17-2)8-10(12)7-11-5-4-6-15-11/h8-9,11,15H,4-7H2,1-3H3. The van der Waals surface area contributed by atoms with Gasteiger partial charge in [-0.1, -0.05) is 0 Å². The van der Waals surface area contributed by atoms with Gasteiger partial charge in [-0.05, 0) is 49.8 Å². The summed E-state index contributed by atoms with van der Waals surface area (Å²) in [4.78, 5) is 1.12. The topological polar surface area (TPSA) is 30.5 Å². The summed E-state index contributed by atoms with van der Waals surface area (Å²) in [6.07, 6.45) is 5.58. The third kappa shape index (κ3) is 2.93. The van der Waals surface area contributed by atoms with Gasteiger partial charge in [-0.15, -0.1) is 11.8 Å². The molecule has 4 heteroatoms. The van der Waals surface area contributed by atoms with Crippen LogP contribution in [0.4, 0.5) is 0 Å². The highest BCUT2D eigenvalue weighted by molar-refractivity contribution is 7.98. The van der Waals surface area contributed by atoms with Gasteiger partial charge < -0.3 is 14.8 Å². The fourth-order valence-corrected chi connectivity index (χ4v) is 3.02. The van der Waals surface area contributed by atoms with Gasteiger partial charge in [-0.3, -0.25) is 0 Å². The van der Waals surface area contributed by atoms with Gasteiger partial charge in [0.2, 0.25) is 0 Å². The van der Waals surface area contributed by atoms with Crippen LogP contribution in [0.2, 0.25) is 0 Å². The molecule has 1 saturated heterocycles. The second-order valence-electron chi connectivity index (χ2n) is 4.52. The van der Waals surface area contributed by atoms with Crippen LogP contribution in [0.25, 0.3) is 0 Å². The number of methoxy groups -OCH3 is 2. The van der Waals surface area contributed by atoms with Crippen LogP contribution in [0, 0.1) is 0 Å². The van der Waals surface area contributed by atoms with E-state index in [0.717, 1.165) is 29.4 Å². The Hall–Kier alpha value is -0.870. The number of rotatable bonds is 5. The van der Waals surface area contributed by atoms with Crippen LogP contribution in [0.15, 0.2) is 17.0 Å². The summed E-state index contributed by atoms with van der Waals surface area (Å²) in [7, 11) is 3.45. The van der Waals surface area contributed by atoms with Crippen LogP contribution in [-0.4, -0.2) is 33.1 Å². The molecular formula is C14H21NO2S. The minimum absolute atomic E-state index is 0.573. The lowest BCUT2D eigenvalue weighted by molar-refractivity contribution is 0.388. The maximum atomic E-state index is 5.50. The Bertz CT molecular complexity index is 403. The van der Waals surface area contributed by atoms with Crippen molar-refractivity contribution >= 4 is 11.8 Å². The molecule has 1 aromatic rings. The van der Waals surface area contributed by atoms with Gasteiger partial charge in [-0.2, -0.15) is 0 Å². The van der Waals surface area contributed by atoms with Crippen LogP contribution in [0.5, 0.6) is 11.5 Å². The first-order valence-electron chi connectivity index (χ1n) is 6.30. The Labute approximate surface area is 113 Å². The molecular weight excluding hydrogens is 246 g/mol. The van der Waals surface area contributed by atoms with Crippen LogP contribution in [0.3, 0.4) is 0 Å². The summed E-state index contributed by atoms with van der Waals surface area (Å²) in [5.74, 6) is 1.91. The Morgan fingerprint density at radius 3 is 2.61 bits per heavy atom. The first kappa shape index (κ1) is 13.6. The average Bonchev–Trinajstić information content (AvgIpc) is 2.91. The number of ether oxygens (including phenoxy) is 2. The highest BCUT2D eigenvalue weighted by atomic mass is 32.2. The third-order valence-electron chi connectivity index (χ3n) is 3.42. The smallest absolute Gasteiger partial charge is 0.132 e. The maximum Gasteiger partial charge on any atom is 0.132 e. The molecule has 1 N–H and O–H groups in total. The monoisotopic (exact) mass is 267 g/mol. The van der Waals surface area contributed by atoms with Crippen molar-refractivity contribution in [2.75, 3.05) is 27.0 Å². The second kappa shape index (κ2) is 6.34. The van der Waals surface area contributed by atoms with E-state index in [9.17, 15) is 0 Å². The van der Waals surface area contributed by atoms with Gasteiger partial charge in [0, 0.05) is 6.04 Å². The van der Waals surface area contributed by atoms with Crippen molar-refractivity contribution in [2.24, 2.45) is 0 Å². The lowest BCUT2D eigenvalue weighted by atomic mass is 10.0. The molecule has 0 saturated carbocycles. The van der Waals surface area contributed by atoms with E-state index < -0.39 is 0 Å². The highest BCUT2D eigenvalue weighted by Gasteiger charge is 2.18. The summed E-state index contributed by atoms with van der Waals surface area (Å²) >= 11 is 1.68. The summed E-state index contributed by atoms with van der Waals surface area (Å²) in [6, 6.07) is 4.77. The largest absolute Gasteiger partial charge is 0.496 e. The van der Waals surface area contributed by atoms with Crippen molar-refractivity contribution in [3.63, 3.8) is 0 Å². The lowest BCUT2D eigenvalue weighted by Gasteiger charge is -2.16. The van der Waals surface area contributed by atoms with Crippen molar-refractivity contribution in [3.05, 3.63) is 17.7 Å². The molecule has 1 heterocycles. The van der Waals surface area contributed by atoms with Crippen LogP contribution in [0.1, 0.15) is 18.4 Å². The molecule has 18 heavy (non-hydrogen) atoms. The molecule has 1 aliphatic heterocycles. The van der Waals surface area contributed by atoms with Gasteiger partial charge in [-0.25, -0.2) is 0 Å². The summed E-state index contributed by atoms with van der Waals surface area (Å²) in [5.41, 5.74) is 1.23. The number of nitrogens with one attached hydrogen (secondary N) is 1. The Kier molecular flexibility index (Phi) is 4.78. The minimum Gasteiger partial charge on any atom is -0.496 e. The second-order valence-corrected chi connectivity index (χ2v) is 5.36. The van der Waals surface area contributed by atoms with E-state index in [1.54, 1.807) is 26.0 Å². The molecule has 2 rings (SSSR count). The van der Waals surface area contributed by atoms with Crippen LogP contribution >= 0.6 is 11.8 Å². The van der Waals surface area contributed by atoms with Crippen molar-refractivity contribution < 1.29 is 9.47 Å². The average molecular weight is 267 g/mol. The number of thioether (sulfide) groups is 1. The van der Waals surface area contributed by atoms with Crippen molar-refractivity contribution in [3.8, 4) is 11.5 Å². The van der Waals surface area contributed by atoms with Gasteiger partial charge in [0.05, 0.1) is 19.1 Å². The molecule has 0 aromatic heterocycles. The molecule has 1 aliphatic rings. The molecule has 0 radical (unpaired) electrons. The van der Waals surface area contributed by atoms with Crippen LogP contribution < -0.4 is 14.8 Å². The first-order valence-corrected chi connectivity index (χ1v) is 7.53. The fraction of sp³-hybridized carbons (Fsp3) is 0.571. The quantitative estimate of drug-likeness (QED) is 0.831. The summed E-state index contributed by atoms with van der Waals surface area (Å²) in [6.45, 7) is 1.13. The molecule has 1 atom stereocenters. The highest BCUT2D eigenvalue weighted by Crippen LogP contribution is 2.35. The molecule has 100 valence electrons. The molecule has 1 fully saturated rings. The van der Waals surface area contributed by atoms with E-state index in [1.807, 2.05) is 0 Å². The number of hydrogen-bond acceptors (Lipinski definition) is 4. The van der Waals surface area contributed by atoms with Gasteiger partial charge in [0.15, 0.2) is 0 Å². The Morgan fingerprint density at radius 2 is 2.06 bits per heavy atom. The third-order valence-corrected chi connectivity index (χ3v) is 4.17. The van der Waals surface area contributed by atoms with Gasteiger partial charge >= 0.3 is 0 Å². The molecule has 0 amide bonds. The van der Waals surface area contributed by atoms with E-state index in [4.69, 9.17) is 9.47 Å². The van der Waals surface area contributed by atoms with E-state index in [1.165, 1.54) is 18.4 Å². The Balaban J connectivity index is 2.26. The summed E-state index contributed by atoms with van der Waals surface area (Å²) < 4.78 is 10.9. The minimum atomic E-state index is 0.573. The molecule has 1 unspecified atom stereocenters. The van der Waals surface area contributed by atoms with E-state index in [0.29, 0.717) is 6.04 Å². The fourth-order valence-electron chi connectivity index (χ4n) is 2.45. The number of hydrogen-bond donors (Lipinski definition) is 1. The molecule has 1 aromatic carbocycles. The van der Waals surface area contributed by atoms with Crippen molar-refractivity contribution in [1.82, 2.24) is 5.32 Å². The zero-order valence-corrected chi connectivity index (χ0v) is 12.1.